The van der Waals surface area contributed by atoms with Crippen molar-refractivity contribution in [1.29, 1.82) is 0 Å². The van der Waals surface area contributed by atoms with Crippen LogP contribution in [0.2, 0.25) is 0 Å². The lowest BCUT2D eigenvalue weighted by Crippen LogP contribution is -2.27. The zero-order valence-corrected chi connectivity index (χ0v) is 15.0. The summed E-state index contributed by atoms with van der Waals surface area (Å²) in [5, 5.41) is 0. The lowest BCUT2D eigenvalue weighted by Gasteiger charge is -2.16. The Hall–Kier alpha value is -3.47. The van der Waals surface area contributed by atoms with Gasteiger partial charge in [-0.25, -0.2) is 4.39 Å². The maximum Gasteiger partial charge on any atom is 0.316 e. The van der Waals surface area contributed by atoms with Gasteiger partial charge in [0.05, 0.1) is 5.92 Å². The van der Waals surface area contributed by atoms with Crippen LogP contribution in [0.15, 0.2) is 78.9 Å². The van der Waals surface area contributed by atoms with E-state index in [0.717, 1.165) is 11.1 Å². The summed E-state index contributed by atoms with van der Waals surface area (Å²) in [6, 6.07) is 22.8. The Labute approximate surface area is 162 Å². The van der Waals surface area contributed by atoms with Crippen molar-refractivity contribution in [2.24, 2.45) is 5.92 Å². The highest BCUT2D eigenvalue weighted by molar-refractivity contribution is 5.99. The molecule has 0 saturated carbocycles. The first-order chi connectivity index (χ1) is 13.6. The summed E-state index contributed by atoms with van der Waals surface area (Å²) in [6.45, 7) is 0.228. The maximum absolute atomic E-state index is 13.1. The van der Waals surface area contributed by atoms with Crippen LogP contribution in [0.1, 0.15) is 6.42 Å². The number of hydrogen-bond donors (Lipinski definition) is 0. The smallest absolute Gasteiger partial charge is 0.316 e. The minimum absolute atomic E-state index is 0.0817. The fourth-order valence-electron chi connectivity index (χ4n) is 3.28. The van der Waals surface area contributed by atoms with Crippen LogP contribution in [0, 0.1) is 11.7 Å². The van der Waals surface area contributed by atoms with E-state index >= 15 is 0 Å². The third-order valence-electron chi connectivity index (χ3n) is 4.78. The van der Waals surface area contributed by atoms with Crippen molar-refractivity contribution in [2.45, 2.75) is 6.42 Å². The molecule has 1 fully saturated rings. The predicted molar refractivity (Wildman–Crippen MR) is 104 cm³/mol. The molecule has 0 spiro atoms. The van der Waals surface area contributed by atoms with E-state index in [0.29, 0.717) is 11.4 Å². The standard InChI is InChI=1S/C23H18FNO3/c24-19-8-10-20(11-9-19)25-15-18(14-22(25)26)23(27)28-21-12-6-17(7-13-21)16-4-2-1-3-5-16/h1-13,18H,14-15H2/t18-/m1/s1. The Morgan fingerprint density at radius 3 is 2.21 bits per heavy atom. The lowest BCUT2D eigenvalue weighted by atomic mass is 10.1. The number of hydrogen-bond acceptors (Lipinski definition) is 3. The highest BCUT2D eigenvalue weighted by Crippen LogP contribution is 2.27. The predicted octanol–water partition coefficient (Wildman–Crippen LogP) is 4.45. The molecule has 140 valence electrons. The van der Waals surface area contributed by atoms with Gasteiger partial charge in [0, 0.05) is 18.7 Å². The Morgan fingerprint density at radius 2 is 1.54 bits per heavy atom. The van der Waals surface area contributed by atoms with E-state index in [-0.39, 0.29) is 24.7 Å². The summed E-state index contributed by atoms with van der Waals surface area (Å²) in [7, 11) is 0. The summed E-state index contributed by atoms with van der Waals surface area (Å²) >= 11 is 0. The molecule has 0 N–H and O–H groups in total. The van der Waals surface area contributed by atoms with Crippen molar-refractivity contribution >= 4 is 17.6 Å². The second-order valence-electron chi connectivity index (χ2n) is 6.69. The van der Waals surface area contributed by atoms with Gasteiger partial charge in [-0.15, -0.1) is 0 Å². The van der Waals surface area contributed by atoms with Gasteiger partial charge in [-0.2, -0.15) is 0 Å². The fraction of sp³-hybridized carbons (Fsp3) is 0.130. The van der Waals surface area contributed by atoms with Crippen LogP contribution in [0.3, 0.4) is 0 Å². The number of amides is 1. The van der Waals surface area contributed by atoms with Gasteiger partial charge in [0.15, 0.2) is 0 Å². The van der Waals surface area contributed by atoms with Gasteiger partial charge in [0.1, 0.15) is 11.6 Å². The van der Waals surface area contributed by atoms with Crippen LogP contribution < -0.4 is 9.64 Å². The van der Waals surface area contributed by atoms with Gasteiger partial charge in [-0.3, -0.25) is 9.59 Å². The molecule has 1 heterocycles. The van der Waals surface area contributed by atoms with Gasteiger partial charge in [-0.1, -0.05) is 42.5 Å². The molecule has 0 bridgehead atoms. The molecule has 1 atom stereocenters. The van der Waals surface area contributed by atoms with Crippen molar-refractivity contribution in [1.82, 2.24) is 0 Å². The van der Waals surface area contributed by atoms with Crippen molar-refractivity contribution < 1.29 is 18.7 Å². The molecule has 1 aliphatic heterocycles. The van der Waals surface area contributed by atoms with Crippen LogP contribution in [0.4, 0.5) is 10.1 Å². The third kappa shape index (κ3) is 3.78. The largest absolute Gasteiger partial charge is 0.426 e. The first-order valence-electron chi connectivity index (χ1n) is 9.03. The zero-order chi connectivity index (χ0) is 19.5. The summed E-state index contributed by atoms with van der Waals surface area (Å²) in [5.74, 6) is -1.09. The van der Waals surface area contributed by atoms with E-state index in [1.54, 1.807) is 12.1 Å². The third-order valence-corrected chi connectivity index (χ3v) is 4.78. The van der Waals surface area contributed by atoms with Crippen molar-refractivity contribution in [3.8, 4) is 16.9 Å². The molecule has 3 aromatic carbocycles. The van der Waals surface area contributed by atoms with E-state index in [4.69, 9.17) is 4.74 Å². The minimum Gasteiger partial charge on any atom is -0.426 e. The molecule has 1 saturated heterocycles. The van der Waals surface area contributed by atoms with Gasteiger partial charge in [0.25, 0.3) is 0 Å². The average Bonchev–Trinajstić information content (AvgIpc) is 3.12. The monoisotopic (exact) mass is 375 g/mol. The Balaban J connectivity index is 1.41. The normalized spacial score (nSPS) is 16.2. The van der Waals surface area contributed by atoms with Crippen molar-refractivity contribution in [3.05, 3.63) is 84.7 Å². The summed E-state index contributed by atoms with van der Waals surface area (Å²) in [6.07, 6.45) is 0.0817. The lowest BCUT2D eigenvalue weighted by molar-refractivity contribution is -0.139. The van der Waals surface area contributed by atoms with E-state index < -0.39 is 11.9 Å². The SMILES string of the molecule is O=C(Oc1ccc(-c2ccccc2)cc1)[C@@H]1CC(=O)N(c2ccc(F)cc2)C1. The second kappa shape index (κ2) is 7.64. The first kappa shape index (κ1) is 17.9. The number of rotatable bonds is 4. The van der Waals surface area contributed by atoms with Crippen LogP contribution in [-0.4, -0.2) is 18.4 Å². The van der Waals surface area contributed by atoms with Crippen LogP contribution >= 0.6 is 0 Å². The molecule has 0 unspecified atom stereocenters. The van der Waals surface area contributed by atoms with Crippen LogP contribution in [-0.2, 0) is 9.59 Å². The van der Waals surface area contributed by atoms with Gasteiger partial charge in [-0.05, 0) is 47.5 Å². The molecule has 0 aliphatic carbocycles. The quantitative estimate of drug-likeness (QED) is 0.500. The number of halogens is 1. The van der Waals surface area contributed by atoms with E-state index in [1.165, 1.54) is 29.2 Å². The summed E-state index contributed by atoms with van der Waals surface area (Å²) in [5.41, 5.74) is 2.68. The molecule has 1 aliphatic rings. The molecule has 0 aromatic heterocycles. The fourth-order valence-corrected chi connectivity index (χ4v) is 3.28. The Morgan fingerprint density at radius 1 is 0.893 bits per heavy atom. The zero-order valence-electron chi connectivity index (χ0n) is 15.0. The van der Waals surface area contributed by atoms with Crippen LogP contribution in [0.5, 0.6) is 5.75 Å². The molecule has 5 heteroatoms. The van der Waals surface area contributed by atoms with Crippen molar-refractivity contribution in [3.63, 3.8) is 0 Å². The Kier molecular flexibility index (Phi) is 4.89. The minimum atomic E-state index is -0.550. The molecule has 1 amide bonds. The summed E-state index contributed by atoms with van der Waals surface area (Å²) in [4.78, 5) is 26.2. The van der Waals surface area contributed by atoms with E-state index in [9.17, 15) is 14.0 Å². The van der Waals surface area contributed by atoms with Gasteiger partial charge >= 0.3 is 5.97 Å². The molecule has 4 nitrogen and oxygen atoms in total. The number of carbonyl (C=O) groups is 2. The van der Waals surface area contributed by atoms with Gasteiger partial charge in [0.2, 0.25) is 5.91 Å². The van der Waals surface area contributed by atoms with E-state index in [1.807, 2.05) is 42.5 Å². The van der Waals surface area contributed by atoms with Crippen molar-refractivity contribution in [2.75, 3.05) is 11.4 Å². The average molecular weight is 375 g/mol. The van der Waals surface area contributed by atoms with Gasteiger partial charge < -0.3 is 9.64 Å². The highest BCUT2D eigenvalue weighted by atomic mass is 19.1. The Bertz CT molecular complexity index is 985. The maximum atomic E-state index is 13.1. The number of ether oxygens (including phenoxy) is 1. The van der Waals surface area contributed by atoms with E-state index in [2.05, 4.69) is 0 Å². The highest BCUT2D eigenvalue weighted by Gasteiger charge is 2.36. The topological polar surface area (TPSA) is 46.6 Å². The number of anilines is 1. The molecule has 4 rings (SSSR count). The molecule has 28 heavy (non-hydrogen) atoms. The number of benzene rings is 3. The summed E-state index contributed by atoms with van der Waals surface area (Å²) < 4.78 is 18.5. The van der Waals surface area contributed by atoms with Crippen LogP contribution in [0.25, 0.3) is 11.1 Å². The molecular formula is C23H18FNO3. The molecule has 0 radical (unpaired) electrons. The number of carbonyl (C=O) groups excluding carboxylic acids is 2. The first-order valence-corrected chi connectivity index (χ1v) is 9.03. The number of nitrogens with zero attached hydrogens (tertiary/aromatic N) is 1. The number of esters is 1. The molecular weight excluding hydrogens is 357 g/mol. The second-order valence-corrected chi connectivity index (χ2v) is 6.69. The molecule has 3 aromatic rings.